The fraction of sp³-hybridized carbons (Fsp3) is 0.100. The Balaban J connectivity index is 1.66. The SMILES string of the molecule is Cc1cccc(CNC(=O)c2ccnc(Nc3ccc(C#N)cc3)n2)c1. The Hall–Kier alpha value is -3.72. The van der Waals surface area contributed by atoms with Crippen LogP contribution in [0.1, 0.15) is 27.2 Å². The third-order valence-corrected chi connectivity index (χ3v) is 3.69. The van der Waals surface area contributed by atoms with Crippen LogP contribution in [0.25, 0.3) is 0 Å². The molecule has 3 rings (SSSR count). The largest absolute Gasteiger partial charge is 0.347 e. The first kappa shape index (κ1) is 17.1. The number of carbonyl (C=O) groups excluding carboxylic acids is 1. The highest BCUT2D eigenvalue weighted by molar-refractivity contribution is 5.92. The lowest BCUT2D eigenvalue weighted by atomic mass is 10.1. The Morgan fingerprint density at radius 3 is 2.69 bits per heavy atom. The normalized spacial score (nSPS) is 10.0. The quantitative estimate of drug-likeness (QED) is 0.741. The molecule has 3 aromatic rings. The minimum atomic E-state index is -0.267. The number of carbonyl (C=O) groups is 1. The summed E-state index contributed by atoms with van der Waals surface area (Å²) in [6.45, 7) is 2.44. The van der Waals surface area contributed by atoms with Gasteiger partial charge < -0.3 is 10.6 Å². The predicted octanol–water partition coefficient (Wildman–Crippen LogP) is 3.33. The van der Waals surface area contributed by atoms with E-state index in [2.05, 4.69) is 26.7 Å². The molecule has 2 aromatic carbocycles. The van der Waals surface area contributed by atoms with E-state index in [9.17, 15) is 4.79 Å². The van der Waals surface area contributed by atoms with Gasteiger partial charge >= 0.3 is 0 Å². The Bertz CT molecular complexity index is 960. The molecule has 0 spiro atoms. The maximum Gasteiger partial charge on any atom is 0.270 e. The molecular formula is C20H17N5O. The predicted molar refractivity (Wildman–Crippen MR) is 98.8 cm³/mol. The van der Waals surface area contributed by atoms with Crippen molar-refractivity contribution in [2.75, 3.05) is 5.32 Å². The van der Waals surface area contributed by atoms with Crippen LogP contribution >= 0.6 is 0 Å². The monoisotopic (exact) mass is 343 g/mol. The summed E-state index contributed by atoms with van der Waals surface area (Å²) in [4.78, 5) is 20.7. The van der Waals surface area contributed by atoms with Crippen LogP contribution in [0.4, 0.5) is 11.6 Å². The van der Waals surface area contributed by atoms with Gasteiger partial charge in [-0.2, -0.15) is 5.26 Å². The number of hydrogen-bond acceptors (Lipinski definition) is 5. The number of amides is 1. The second-order valence-corrected chi connectivity index (χ2v) is 5.75. The van der Waals surface area contributed by atoms with Gasteiger partial charge in [-0.1, -0.05) is 29.8 Å². The van der Waals surface area contributed by atoms with Crippen molar-refractivity contribution in [3.05, 3.63) is 83.2 Å². The van der Waals surface area contributed by atoms with E-state index in [0.29, 0.717) is 18.1 Å². The van der Waals surface area contributed by atoms with E-state index in [-0.39, 0.29) is 11.6 Å². The highest BCUT2D eigenvalue weighted by atomic mass is 16.1. The molecule has 0 unspecified atom stereocenters. The van der Waals surface area contributed by atoms with E-state index >= 15 is 0 Å². The lowest BCUT2D eigenvalue weighted by molar-refractivity contribution is 0.0946. The number of nitrogens with zero attached hydrogens (tertiary/aromatic N) is 3. The van der Waals surface area contributed by atoms with Crippen molar-refractivity contribution >= 4 is 17.5 Å². The molecule has 0 saturated carbocycles. The summed E-state index contributed by atoms with van der Waals surface area (Å²) in [5, 5.41) is 14.7. The molecule has 1 heterocycles. The van der Waals surface area contributed by atoms with E-state index in [1.165, 1.54) is 6.20 Å². The molecule has 0 aliphatic carbocycles. The average molecular weight is 343 g/mol. The van der Waals surface area contributed by atoms with Crippen LogP contribution in [0.15, 0.2) is 60.8 Å². The number of nitrogens with one attached hydrogen (secondary N) is 2. The van der Waals surface area contributed by atoms with Gasteiger partial charge in [0.1, 0.15) is 5.69 Å². The third-order valence-electron chi connectivity index (χ3n) is 3.69. The number of nitriles is 1. The molecule has 128 valence electrons. The van der Waals surface area contributed by atoms with Gasteiger partial charge in [0.25, 0.3) is 5.91 Å². The average Bonchev–Trinajstić information content (AvgIpc) is 2.67. The fourth-order valence-corrected chi connectivity index (χ4v) is 2.40. The smallest absolute Gasteiger partial charge is 0.270 e. The summed E-state index contributed by atoms with van der Waals surface area (Å²) in [5.41, 5.74) is 3.77. The maximum atomic E-state index is 12.3. The van der Waals surface area contributed by atoms with Gasteiger partial charge in [0.05, 0.1) is 11.6 Å². The molecule has 2 N–H and O–H groups in total. The topological polar surface area (TPSA) is 90.7 Å². The molecular weight excluding hydrogens is 326 g/mol. The lowest BCUT2D eigenvalue weighted by Gasteiger charge is -2.08. The molecule has 1 amide bonds. The van der Waals surface area contributed by atoms with E-state index < -0.39 is 0 Å². The van der Waals surface area contributed by atoms with Gasteiger partial charge in [-0.3, -0.25) is 4.79 Å². The molecule has 26 heavy (non-hydrogen) atoms. The highest BCUT2D eigenvalue weighted by Gasteiger charge is 2.09. The van der Waals surface area contributed by atoms with Crippen LogP contribution in [0.3, 0.4) is 0 Å². The molecule has 1 aromatic heterocycles. The van der Waals surface area contributed by atoms with Crippen LogP contribution < -0.4 is 10.6 Å². The van der Waals surface area contributed by atoms with Gasteiger partial charge in [-0.05, 0) is 42.8 Å². The van der Waals surface area contributed by atoms with Gasteiger partial charge in [0.2, 0.25) is 5.95 Å². The van der Waals surface area contributed by atoms with Crippen LogP contribution in [-0.2, 0) is 6.54 Å². The van der Waals surface area contributed by atoms with Crippen molar-refractivity contribution in [1.82, 2.24) is 15.3 Å². The van der Waals surface area contributed by atoms with Crippen molar-refractivity contribution in [3.63, 3.8) is 0 Å². The molecule has 0 radical (unpaired) electrons. The first-order valence-corrected chi connectivity index (χ1v) is 8.08. The van der Waals surface area contributed by atoms with Crippen molar-refractivity contribution in [3.8, 4) is 6.07 Å². The second-order valence-electron chi connectivity index (χ2n) is 5.75. The van der Waals surface area contributed by atoms with Crippen molar-refractivity contribution < 1.29 is 4.79 Å². The van der Waals surface area contributed by atoms with Gasteiger partial charge in [0.15, 0.2) is 0 Å². The standard InChI is InChI=1S/C20H17N5O/c1-14-3-2-4-16(11-14)13-23-19(26)18-9-10-22-20(25-18)24-17-7-5-15(12-21)6-8-17/h2-11H,13H2,1H3,(H,23,26)(H,22,24,25). The van der Waals surface area contributed by atoms with Crippen LogP contribution in [-0.4, -0.2) is 15.9 Å². The number of rotatable bonds is 5. The number of aromatic nitrogens is 2. The minimum absolute atomic E-state index is 0.267. The van der Waals surface area contributed by atoms with Crippen LogP contribution in [0.5, 0.6) is 0 Å². The Morgan fingerprint density at radius 2 is 1.96 bits per heavy atom. The number of aryl methyl sites for hydroxylation is 1. The molecule has 0 saturated heterocycles. The molecule has 0 fully saturated rings. The lowest BCUT2D eigenvalue weighted by Crippen LogP contribution is -2.24. The summed E-state index contributed by atoms with van der Waals surface area (Å²) < 4.78 is 0. The van der Waals surface area contributed by atoms with E-state index in [1.54, 1.807) is 30.3 Å². The molecule has 0 aliphatic heterocycles. The Kier molecular flexibility index (Phi) is 5.20. The second kappa shape index (κ2) is 7.90. The van der Waals surface area contributed by atoms with Crippen molar-refractivity contribution in [2.24, 2.45) is 0 Å². The van der Waals surface area contributed by atoms with Crippen LogP contribution in [0, 0.1) is 18.3 Å². The summed E-state index contributed by atoms with van der Waals surface area (Å²) >= 11 is 0. The van der Waals surface area contributed by atoms with Crippen LogP contribution in [0.2, 0.25) is 0 Å². The molecule has 6 heteroatoms. The summed E-state index contributed by atoms with van der Waals surface area (Å²) in [7, 11) is 0. The Morgan fingerprint density at radius 1 is 1.15 bits per heavy atom. The molecule has 0 bridgehead atoms. The summed E-state index contributed by atoms with van der Waals surface area (Å²) in [6, 6.07) is 18.5. The van der Waals surface area contributed by atoms with Gasteiger partial charge in [-0.15, -0.1) is 0 Å². The minimum Gasteiger partial charge on any atom is -0.347 e. The fourth-order valence-electron chi connectivity index (χ4n) is 2.40. The first-order valence-electron chi connectivity index (χ1n) is 8.08. The summed E-state index contributed by atoms with van der Waals surface area (Å²) in [6.07, 6.45) is 1.53. The number of anilines is 2. The zero-order valence-corrected chi connectivity index (χ0v) is 14.2. The van der Waals surface area contributed by atoms with E-state index in [0.717, 1.165) is 16.8 Å². The first-order chi connectivity index (χ1) is 12.6. The summed E-state index contributed by atoms with van der Waals surface area (Å²) in [5.74, 6) is 0.0506. The maximum absolute atomic E-state index is 12.3. The highest BCUT2D eigenvalue weighted by Crippen LogP contribution is 2.13. The van der Waals surface area contributed by atoms with E-state index in [1.807, 2.05) is 31.2 Å². The zero-order chi connectivity index (χ0) is 18.4. The van der Waals surface area contributed by atoms with E-state index in [4.69, 9.17) is 5.26 Å². The molecule has 6 nitrogen and oxygen atoms in total. The van der Waals surface area contributed by atoms with Crippen molar-refractivity contribution in [2.45, 2.75) is 13.5 Å². The van der Waals surface area contributed by atoms with Gasteiger partial charge in [0, 0.05) is 18.4 Å². The molecule has 0 atom stereocenters. The van der Waals surface area contributed by atoms with Crippen molar-refractivity contribution in [1.29, 1.82) is 5.26 Å². The number of hydrogen-bond donors (Lipinski definition) is 2. The van der Waals surface area contributed by atoms with Gasteiger partial charge in [-0.25, -0.2) is 9.97 Å². The zero-order valence-electron chi connectivity index (χ0n) is 14.2. The Labute approximate surface area is 151 Å². The number of benzene rings is 2. The third kappa shape index (κ3) is 4.42. The molecule has 0 aliphatic rings.